The first-order valence-electron chi connectivity index (χ1n) is 10.0. The molecule has 0 amide bonds. The fourth-order valence-corrected chi connectivity index (χ4v) is 5.74. The van der Waals surface area contributed by atoms with Gasteiger partial charge < -0.3 is 19.1 Å². The Morgan fingerprint density at radius 3 is 2.21 bits per heavy atom. The largest absolute Gasteiger partial charge is 1.00 e. The molecule has 0 saturated heterocycles. The van der Waals surface area contributed by atoms with Crippen molar-refractivity contribution in [3.63, 3.8) is 0 Å². The Hall–Kier alpha value is -0.844. The maximum atomic E-state index is 11.3. The zero-order valence-corrected chi connectivity index (χ0v) is 23.0. The van der Waals surface area contributed by atoms with E-state index in [1.165, 1.54) is 0 Å². The molecule has 10 heteroatoms. The molecule has 1 unspecified atom stereocenters. The van der Waals surface area contributed by atoms with E-state index in [1.54, 1.807) is 24.3 Å². The summed E-state index contributed by atoms with van der Waals surface area (Å²) in [5.41, 5.74) is 2.98. The first-order chi connectivity index (χ1) is 15.1. The fourth-order valence-electron chi connectivity index (χ4n) is 3.42. The van der Waals surface area contributed by atoms with Gasteiger partial charge in [0.05, 0.1) is 0 Å². The molecule has 0 aliphatic heterocycles. The van der Waals surface area contributed by atoms with E-state index >= 15 is 0 Å². The number of ether oxygens (including phenoxy) is 1. The third kappa shape index (κ3) is 9.03. The van der Waals surface area contributed by atoms with Crippen LogP contribution in [-0.2, 0) is 27.5 Å². The van der Waals surface area contributed by atoms with E-state index in [0.29, 0.717) is 24.3 Å². The van der Waals surface area contributed by atoms with Gasteiger partial charge in [0, 0.05) is 6.42 Å². The van der Waals surface area contributed by atoms with Crippen molar-refractivity contribution in [2.45, 2.75) is 30.7 Å². The molecule has 170 valence electrons. The van der Waals surface area contributed by atoms with Crippen LogP contribution in [0.2, 0.25) is 0 Å². The smallest absolute Gasteiger partial charge is 0.747 e. The van der Waals surface area contributed by atoms with Gasteiger partial charge in [-0.05, 0) is 54.2 Å². The molecule has 0 fully saturated rings. The quantitative estimate of drug-likeness (QED) is 0.238. The Morgan fingerprint density at radius 2 is 1.55 bits per heavy atom. The minimum absolute atomic E-state index is 0. The standard InChI is InChI=1S/C23H25O7PS.K/c24-31(25,26)23(32(27,28)29)15-7-11-19-10-6-13-21(17-19)30-22-14-5-4-12-20(22)16-18-8-2-1-3-9-18;/h1-6,8-10,12-14,17,23H,7,11,15-16H2,(H2,24,25,26)(H,27,28,29);/q;+1/p-1. The Bertz CT molecular complexity index is 1200. The van der Waals surface area contributed by atoms with Crippen molar-refractivity contribution in [1.29, 1.82) is 0 Å². The van der Waals surface area contributed by atoms with E-state index in [-0.39, 0.29) is 57.8 Å². The predicted molar refractivity (Wildman–Crippen MR) is 121 cm³/mol. The second-order valence-electron chi connectivity index (χ2n) is 7.45. The molecule has 0 saturated carbocycles. The Balaban J connectivity index is 0.00000385. The summed E-state index contributed by atoms with van der Waals surface area (Å²) < 4.78 is 50.9. The average Bonchev–Trinajstić information content (AvgIpc) is 2.72. The monoisotopic (exact) mass is 514 g/mol. The molecule has 0 spiro atoms. The summed E-state index contributed by atoms with van der Waals surface area (Å²) in [4.78, 5) is 16.1. The molecule has 3 aromatic carbocycles. The van der Waals surface area contributed by atoms with Gasteiger partial charge in [-0.2, -0.15) is 0 Å². The Labute approximate surface area is 236 Å². The van der Waals surface area contributed by atoms with Crippen molar-refractivity contribution in [3.8, 4) is 11.5 Å². The maximum Gasteiger partial charge on any atom is 1.00 e. The van der Waals surface area contributed by atoms with Crippen LogP contribution in [0.4, 0.5) is 0 Å². The van der Waals surface area contributed by atoms with E-state index in [9.17, 15) is 17.5 Å². The van der Waals surface area contributed by atoms with E-state index in [1.807, 2.05) is 54.6 Å². The van der Waals surface area contributed by atoms with Crippen molar-refractivity contribution < 1.29 is 83.4 Å². The van der Waals surface area contributed by atoms with Crippen molar-refractivity contribution in [3.05, 3.63) is 95.6 Å². The number of rotatable bonds is 10. The van der Waals surface area contributed by atoms with Crippen LogP contribution >= 0.6 is 7.60 Å². The van der Waals surface area contributed by atoms with Gasteiger partial charge in [0.2, 0.25) is 0 Å². The van der Waals surface area contributed by atoms with Crippen LogP contribution in [0.25, 0.3) is 0 Å². The van der Waals surface area contributed by atoms with Gasteiger partial charge >= 0.3 is 59.0 Å². The van der Waals surface area contributed by atoms with E-state index in [4.69, 9.17) is 14.5 Å². The van der Waals surface area contributed by atoms with Crippen LogP contribution in [0.1, 0.15) is 29.5 Å². The summed E-state index contributed by atoms with van der Waals surface area (Å²) in [6.45, 7) is 0. The van der Waals surface area contributed by atoms with Crippen molar-refractivity contribution in [2.75, 3.05) is 0 Å². The van der Waals surface area contributed by atoms with Gasteiger partial charge in [-0.3, -0.25) is 4.57 Å². The second kappa shape index (κ2) is 12.7. The summed E-state index contributed by atoms with van der Waals surface area (Å²) in [6, 6.07) is 24.9. The fraction of sp³-hybridized carbons (Fsp3) is 0.217. The van der Waals surface area contributed by atoms with Gasteiger partial charge in [-0.1, -0.05) is 60.7 Å². The van der Waals surface area contributed by atoms with Gasteiger partial charge in [0.15, 0.2) is 4.99 Å². The minimum Gasteiger partial charge on any atom is -0.747 e. The number of hydrogen-bond donors (Lipinski definition) is 2. The van der Waals surface area contributed by atoms with Crippen LogP contribution in [0.15, 0.2) is 78.9 Å². The first kappa shape index (κ1) is 28.4. The summed E-state index contributed by atoms with van der Waals surface area (Å²) in [5, 5.41) is 0. The van der Waals surface area contributed by atoms with Crippen LogP contribution in [0.3, 0.4) is 0 Å². The third-order valence-electron chi connectivity index (χ3n) is 4.96. The van der Waals surface area contributed by atoms with Crippen LogP contribution in [0.5, 0.6) is 11.5 Å². The molecule has 1 atom stereocenters. The number of aryl methyl sites for hydroxylation is 1. The number of benzene rings is 3. The van der Waals surface area contributed by atoms with E-state index in [2.05, 4.69) is 0 Å². The van der Waals surface area contributed by atoms with Crippen LogP contribution in [-0.4, -0.2) is 27.7 Å². The summed E-state index contributed by atoms with van der Waals surface area (Å²) >= 11 is 0. The van der Waals surface area contributed by atoms with Gasteiger partial charge in [0.1, 0.15) is 21.6 Å². The molecule has 3 rings (SSSR count). The molecule has 7 nitrogen and oxygen atoms in total. The number of para-hydroxylation sites is 1. The van der Waals surface area contributed by atoms with Crippen molar-refractivity contribution in [2.24, 2.45) is 0 Å². The third-order valence-corrected chi connectivity index (χ3v) is 8.47. The van der Waals surface area contributed by atoms with Crippen LogP contribution in [0, 0.1) is 0 Å². The molecule has 0 aliphatic rings. The van der Waals surface area contributed by atoms with Gasteiger partial charge in [-0.25, -0.2) is 8.42 Å². The molecular weight excluding hydrogens is 490 g/mol. The average molecular weight is 515 g/mol. The molecule has 0 aromatic heterocycles. The normalized spacial score (nSPS) is 12.6. The molecule has 0 radical (unpaired) electrons. The molecule has 33 heavy (non-hydrogen) atoms. The number of hydrogen-bond acceptors (Lipinski definition) is 5. The zero-order chi connectivity index (χ0) is 23.2. The van der Waals surface area contributed by atoms with Gasteiger partial charge in [0.25, 0.3) is 0 Å². The summed E-state index contributed by atoms with van der Waals surface area (Å²) in [7, 11) is -10.1. The molecule has 0 aliphatic carbocycles. The zero-order valence-electron chi connectivity index (χ0n) is 18.2. The molecule has 3 aromatic rings. The topological polar surface area (TPSA) is 124 Å². The maximum absolute atomic E-state index is 11.3. The Morgan fingerprint density at radius 1 is 0.909 bits per heavy atom. The summed E-state index contributed by atoms with van der Waals surface area (Å²) in [5.74, 6) is 1.30. The predicted octanol–water partition coefficient (Wildman–Crippen LogP) is 1.45. The van der Waals surface area contributed by atoms with Gasteiger partial charge in [-0.15, -0.1) is 0 Å². The molecule has 0 heterocycles. The Kier molecular flexibility index (Phi) is 11.0. The molecule has 2 N–H and O–H groups in total. The van der Waals surface area contributed by atoms with Crippen molar-refractivity contribution >= 4 is 17.7 Å². The molecule has 0 bridgehead atoms. The minimum atomic E-state index is -5.09. The van der Waals surface area contributed by atoms with Crippen molar-refractivity contribution in [1.82, 2.24) is 0 Å². The van der Waals surface area contributed by atoms with Crippen LogP contribution < -0.4 is 56.1 Å². The van der Waals surface area contributed by atoms with E-state index < -0.39 is 29.1 Å². The first-order valence-corrected chi connectivity index (χ1v) is 13.2. The summed E-state index contributed by atoms with van der Waals surface area (Å²) in [6.07, 6.45) is 0.769. The molecular formula is C23H24KO7PS. The SMILES string of the molecule is O=P(O)(O)C(CCCc1cccc(Oc2ccccc2Cc2ccccc2)c1)S(=O)(=O)[O-].[K+]. The van der Waals surface area contributed by atoms with E-state index in [0.717, 1.165) is 16.7 Å². The second-order valence-corrected chi connectivity index (χ2v) is 11.2.